The van der Waals surface area contributed by atoms with E-state index in [1.807, 2.05) is 36.4 Å². The Morgan fingerprint density at radius 2 is 0.875 bits per heavy atom. The van der Waals surface area contributed by atoms with Gasteiger partial charge in [-0.2, -0.15) is 0 Å². The van der Waals surface area contributed by atoms with Crippen molar-refractivity contribution in [1.29, 1.82) is 0 Å². The molecule has 4 nitrogen and oxygen atoms in total. The third-order valence-corrected chi connectivity index (χ3v) is 4.39. The van der Waals surface area contributed by atoms with Crippen LogP contribution in [0.4, 0.5) is 11.4 Å². The minimum atomic E-state index is 0.0739. The molecule has 0 heterocycles. The summed E-state index contributed by atoms with van der Waals surface area (Å²) in [6.07, 6.45) is 0. The molecule has 0 aliphatic rings. The molecule has 0 radical (unpaired) electrons. The van der Waals surface area contributed by atoms with Gasteiger partial charge in [0.2, 0.25) is 0 Å². The van der Waals surface area contributed by atoms with E-state index in [4.69, 9.17) is 11.5 Å². The number of benzene rings is 4. The summed E-state index contributed by atoms with van der Waals surface area (Å²) in [6.45, 7) is 0. The Hall–Kier alpha value is -3.40. The van der Waals surface area contributed by atoms with Crippen LogP contribution in [0.2, 0.25) is 0 Å². The first kappa shape index (κ1) is 14.2. The van der Waals surface area contributed by atoms with Crippen molar-refractivity contribution in [2.45, 2.75) is 0 Å². The predicted octanol–water partition coefficient (Wildman–Crippen LogP) is 4.24. The highest BCUT2D eigenvalue weighted by atomic mass is 16.3. The zero-order chi connectivity index (χ0) is 16.8. The molecule has 0 bridgehead atoms. The topological polar surface area (TPSA) is 92.5 Å². The first-order valence-corrected chi connectivity index (χ1v) is 7.58. The van der Waals surface area contributed by atoms with Crippen molar-refractivity contribution in [2.75, 3.05) is 11.5 Å². The zero-order valence-electron chi connectivity index (χ0n) is 12.8. The quantitative estimate of drug-likeness (QED) is 0.312. The lowest BCUT2D eigenvalue weighted by molar-refractivity contribution is 0.476. The van der Waals surface area contributed by atoms with Gasteiger partial charge in [0.1, 0.15) is 11.5 Å². The van der Waals surface area contributed by atoms with E-state index < -0.39 is 0 Å². The monoisotopic (exact) mass is 316 g/mol. The minimum Gasteiger partial charge on any atom is -0.507 e. The van der Waals surface area contributed by atoms with Crippen molar-refractivity contribution < 1.29 is 10.2 Å². The van der Waals surface area contributed by atoms with Crippen molar-refractivity contribution >= 4 is 32.9 Å². The fourth-order valence-electron chi connectivity index (χ4n) is 3.19. The predicted molar refractivity (Wildman–Crippen MR) is 99.0 cm³/mol. The second-order valence-electron chi connectivity index (χ2n) is 5.82. The summed E-state index contributed by atoms with van der Waals surface area (Å²) in [5.41, 5.74) is 14.3. The Bertz CT molecular complexity index is 1010. The molecule has 0 unspecified atom stereocenters. The summed E-state index contributed by atoms with van der Waals surface area (Å²) in [4.78, 5) is 0. The van der Waals surface area contributed by atoms with Crippen molar-refractivity contribution in [1.82, 2.24) is 0 Å². The molecule has 0 spiro atoms. The molecule has 118 valence electrons. The van der Waals surface area contributed by atoms with Gasteiger partial charge in [0, 0.05) is 44.0 Å². The summed E-state index contributed by atoms with van der Waals surface area (Å²) >= 11 is 0. The van der Waals surface area contributed by atoms with Crippen molar-refractivity contribution in [3.05, 3.63) is 60.7 Å². The van der Waals surface area contributed by atoms with Crippen molar-refractivity contribution in [2.24, 2.45) is 0 Å². The number of nitrogen functional groups attached to an aromatic ring is 2. The molecule has 6 N–H and O–H groups in total. The fraction of sp³-hybridized carbons (Fsp3) is 0. The van der Waals surface area contributed by atoms with Gasteiger partial charge in [0.15, 0.2) is 0 Å². The summed E-state index contributed by atoms with van der Waals surface area (Å²) in [5, 5.41) is 24.2. The zero-order valence-corrected chi connectivity index (χ0v) is 12.8. The lowest BCUT2D eigenvalue weighted by Crippen LogP contribution is -1.93. The van der Waals surface area contributed by atoms with Crippen LogP contribution >= 0.6 is 0 Å². The van der Waals surface area contributed by atoms with Crippen LogP contribution in [0.15, 0.2) is 60.7 Å². The van der Waals surface area contributed by atoms with Crippen LogP contribution in [0.5, 0.6) is 11.5 Å². The van der Waals surface area contributed by atoms with E-state index in [0.717, 1.165) is 10.8 Å². The Labute approximate surface area is 138 Å². The third kappa shape index (κ3) is 1.93. The van der Waals surface area contributed by atoms with E-state index in [1.54, 1.807) is 24.3 Å². The van der Waals surface area contributed by atoms with Crippen molar-refractivity contribution in [3.8, 4) is 22.6 Å². The fourth-order valence-corrected chi connectivity index (χ4v) is 3.19. The van der Waals surface area contributed by atoms with Gasteiger partial charge in [-0.3, -0.25) is 0 Å². The van der Waals surface area contributed by atoms with Crippen LogP contribution in [-0.2, 0) is 0 Å². The summed E-state index contributed by atoms with van der Waals surface area (Å²) in [7, 11) is 0. The van der Waals surface area contributed by atoms with E-state index >= 15 is 0 Å². The number of nitrogens with two attached hydrogens (primary N) is 2. The second kappa shape index (κ2) is 5.06. The van der Waals surface area contributed by atoms with Gasteiger partial charge in [-0.05, 0) is 12.1 Å². The average molecular weight is 316 g/mol. The Morgan fingerprint density at radius 3 is 1.25 bits per heavy atom. The molecule has 0 saturated heterocycles. The normalized spacial score (nSPS) is 11.2. The molecule has 0 amide bonds. The van der Waals surface area contributed by atoms with Crippen LogP contribution in [0.3, 0.4) is 0 Å². The highest BCUT2D eigenvalue weighted by Gasteiger charge is 2.17. The van der Waals surface area contributed by atoms with Gasteiger partial charge in [-0.1, -0.05) is 48.5 Å². The van der Waals surface area contributed by atoms with E-state index in [-0.39, 0.29) is 11.5 Å². The van der Waals surface area contributed by atoms with E-state index in [1.165, 1.54) is 0 Å². The van der Waals surface area contributed by atoms with E-state index in [9.17, 15) is 10.2 Å². The Kier molecular flexibility index (Phi) is 3.00. The van der Waals surface area contributed by atoms with Gasteiger partial charge in [0.25, 0.3) is 0 Å². The maximum absolute atomic E-state index is 10.7. The number of aromatic hydroxyl groups is 2. The van der Waals surface area contributed by atoms with Gasteiger partial charge < -0.3 is 21.7 Å². The highest BCUT2D eigenvalue weighted by molar-refractivity contribution is 6.07. The van der Waals surface area contributed by atoms with Crippen LogP contribution in [-0.4, -0.2) is 10.2 Å². The number of hydrogen-bond acceptors (Lipinski definition) is 4. The molecule has 24 heavy (non-hydrogen) atoms. The van der Waals surface area contributed by atoms with Crippen LogP contribution in [0.1, 0.15) is 0 Å². The van der Waals surface area contributed by atoms with Gasteiger partial charge in [0.05, 0.1) is 0 Å². The number of hydrogen-bond donors (Lipinski definition) is 4. The van der Waals surface area contributed by atoms with E-state index in [2.05, 4.69) is 0 Å². The molecule has 0 aliphatic carbocycles. The molecule has 0 atom stereocenters. The molecule has 4 heteroatoms. The number of anilines is 2. The first-order valence-electron chi connectivity index (χ1n) is 7.58. The largest absolute Gasteiger partial charge is 0.507 e. The molecular weight excluding hydrogens is 300 g/mol. The Morgan fingerprint density at radius 1 is 0.542 bits per heavy atom. The highest BCUT2D eigenvalue weighted by Crippen LogP contribution is 2.45. The lowest BCUT2D eigenvalue weighted by atomic mass is 9.94. The lowest BCUT2D eigenvalue weighted by Gasteiger charge is -2.14. The third-order valence-electron chi connectivity index (χ3n) is 4.39. The second-order valence-corrected chi connectivity index (χ2v) is 5.82. The first-order chi connectivity index (χ1) is 11.6. The smallest absolute Gasteiger partial charge is 0.131 e. The van der Waals surface area contributed by atoms with Gasteiger partial charge >= 0.3 is 0 Å². The molecule has 4 rings (SSSR count). The molecule has 0 saturated carbocycles. The van der Waals surface area contributed by atoms with Crippen LogP contribution in [0, 0.1) is 0 Å². The summed E-state index contributed by atoms with van der Waals surface area (Å²) in [5.74, 6) is 0.148. The number of fused-ring (bicyclic) bond motifs is 2. The van der Waals surface area contributed by atoms with Crippen LogP contribution in [0.25, 0.3) is 32.7 Å². The summed E-state index contributed by atoms with van der Waals surface area (Å²) < 4.78 is 0. The Balaban J connectivity index is 2.10. The van der Waals surface area contributed by atoms with Crippen molar-refractivity contribution in [3.63, 3.8) is 0 Å². The molecule has 0 fully saturated rings. The minimum absolute atomic E-state index is 0.0739. The average Bonchev–Trinajstić information content (AvgIpc) is 2.61. The summed E-state index contributed by atoms with van der Waals surface area (Å²) in [6, 6.07) is 18.0. The number of phenolic OH excluding ortho intramolecular Hbond substituents is 2. The SMILES string of the molecule is Nc1cc(-c2cc(N)c3ccccc3c2O)c(O)c2ccccc12. The molecule has 0 aromatic heterocycles. The molecule has 0 aliphatic heterocycles. The maximum Gasteiger partial charge on any atom is 0.131 e. The number of rotatable bonds is 1. The van der Waals surface area contributed by atoms with Gasteiger partial charge in [-0.15, -0.1) is 0 Å². The number of phenols is 2. The van der Waals surface area contributed by atoms with E-state index in [0.29, 0.717) is 33.3 Å². The molecule has 4 aromatic carbocycles. The maximum atomic E-state index is 10.7. The molecule has 4 aromatic rings. The van der Waals surface area contributed by atoms with Crippen LogP contribution < -0.4 is 11.5 Å². The van der Waals surface area contributed by atoms with Gasteiger partial charge in [-0.25, -0.2) is 0 Å². The standard InChI is InChI=1S/C20H16N2O2/c21-17-9-15(19(23)13-7-3-1-5-11(13)17)16-10-18(22)12-6-2-4-8-14(12)20(16)24/h1-10,23-24H,21-22H2. The molecular formula is C20H16N2O2.